The number of nitrogens with one attached hydrogen (secondary N) is 2. The van der Waals surface area contributed by atoms with Gasteiger partial charge in [-0.05, 0) is 32.6 Å². The molecule has 1 heterocycles. The van der Waals surface area contributed by atoms with Gasteiger partial charge in [-0.3, -0.25) is 0 Å². The first-order chi connectivity index (χ1) is 10.3. The number of hydrogen-bond donors (Lipinski definition) is 2. The molecule has 2 N–H and O–H groups in total. The van der Waals surface area contributed by atoms with Crippen LogP contribution in [-0.4, -0.2) is 48.4 Å². The van der Waals surface area contributed by atoms with Gasteiger partial charge < -0.3 is 20.1 Å². The molecule has 1 aromatic rings. The van der Waals surface area contributed by atoms with Crippen molar-refractivity contribution in [3.8, 4) is 6.01 Å². The number of hydrogen-bond acceptors (Lipinski definition) is 7. The van der Waals surface area contributed by atoms with Crippen molar-refractivity contribution in [3.05, 3.63) is 0 Å². The topological polar surface area (TPSA) is 81.2 Å². The molecule has 0 spiro atoms. The van der Waals surface area contributed by atoms with Gasteiger partial charge in [0.05, 0.1) is 6.61 Å². The quantitative estimate of drug-likeness (QED) is 0.573. The average molecular weight is 297 g/mol. The lowest BCUT2D eigenvalue weighted by Crippen LogP contribution is -2.12. The van der Waals surface area contributed by atoms with E-state index in [9.17, 15) is 0 Å². The summed E-state index contributed by atoms with van der Waals surface area (Å²) in [6.07, 6.45) is 4.25. The average Bonchev–Trinajstić information content (AvgIpc) is 2.49. The summed E-state index contributed by atoms with van der Waals surface area (Å²) in [5, 5.41) is 6.37. The Morgan fingerprint density at radius 1 is 0.905 bits per heavy atom. The molecular weight excluding hydrogens is 270 g/mol. The van der Waals surface area contributed by atoms with Crippen LogP contribution < -0.4 is 15.4 Å². The molecule has 0 aliphatic carbocycles. The van der Waals surface area contributed by atoms with Gasteiger partial charge >= 0.3 is 6.01 Å². The van der Waals surface area contributed by atoms with E-state index in [-0.39, 0.29) is 0 Å². The summed E-state index contributed by atoms with van der Waals surface area (Å²) in [6, 6.07) is 0.355. The number of anilines is 2. The third-order valence-electron chi connectivity index (χ3n) is 2.73. The van der Waals surface area contributed by atoms with Gasteiger partial charge in [-0.1, -0.05) is 6.92 Å². The minimum absolute atomic E-state index is 0.355. The molecule has 0 atom stereocenters. The summed E-state index contributed by atoms with van der Waals surface area (Å²) in [7, 11) is 1.73. The van der Waals surface area contributed by atoms with Crippen molar-refractivity contribution < 1.29 is 9.47 Å². The molecule has 0 aliphatic rings. The van der Waals surface area contributed by atoms with Crippen molar-refractivity contribution in [1.29, 1.82) is 0 Å². The highest BCUT2D eigenvalue weighted by Gasteiger charge is 2.06. The lowest BCUT2D eigenvalue weighted by atomic mass is 10.2. The van der Waals surface area contributed by atoms with Crippen LogP contribution in [0.2, 0.25) is 0 Å². The normalized spacial score (nSPS) is 10.4. The second kappa shape index (κ2) is 11.1. The van der Waals surface area contributed by atoms with Crippen molar-refractivity contribution in [3.63, 3.8) is 0 Å². The first-order valence-corrected chi connectivity index (χ1v) is 7.65. The van der Waals surface area contributed by atoms with Gasteiger partial charge in [-0.2, -0.15) is 15.0 Å². The standard InChI is InChI=1S/C14H27N5O2/c1-4-9-15-12-17-13(19-14(18-12)21-5-2)16-10-7-6-8-11-20-3/h4-11H2,1-3H3,(H2,15,16,17,18,19). The first kappa shape index (κ1) is 17.4. The Hall–Kier alpha value is -1.63. The fourth-order valence-electron chi connectivity index (χ4n) is 1.69. The third-order valence-corrected chi connectivity index (χ3v) is 2.73. The number of nitrogens with zero attached hydrogens (tertiary/aromatic N) is 3. The number of rotatable bonds is 12. The molecule has 7 heteroatoms. The monoisotopic (exact) mass is 297 g/mol. The van der Waals surface area contributed by atoms with E-state index in [0.29, 0.717) is 24.5 Å². The molecule has 1 aromatic heterocycles. The van der Waals surface area contributed by atoms with Gasteiger partial charge in [-0.15, -0.1) is 0 Å². The SMILES string of the molecule is CCCNc1nc(NCCCCCOC)nc(OCC)n1. The summed E-state index contributed by atoms with van der Waals surface area (Å²) in [5.41, 5.74) is 0. The molecule has 0 aliphatic heterocycles. The molecule has 0 aromatic carbocycles. The molecule has 21 heavy (non-hydrogen) atoms. The Kier molecular flexibility index (Phi) is 9.19. The minimum Gasteiger partial charge on any atom is -0.464 e. The van der Waals surface area contributed by atoms with E-state index in [2.05, 4.69) is 32.5 Å². The minimum atomic E-state index is 0.355. The smallest absolute Gasteiger partial charge is 0.323 e. The second-order valence-corrected chi connectivity index (χ2v) is 4.61. The number of ether oxygens (including phenoxy) is 2. The molecule has 0 radical (unpaired) electrons. The van der Waals surface area contributed by atoms with Crippen LogP contribution in [0.15, 0.2) is 0 Å². The maximum absolute atomic E-state index is 5.37. The molecule has 0 fully saturated rings. The van der Waals surface area contributed by atoms with E-state index < -0.39 is 0 Å². The summed E-state index contributed by atoms with van der Waals surface area (Å²) >= 11 is 0. The zero-order valence-electron chi connectivity index (χ0n) is 13.3. The highest BCUT2D eigenvalue weighted by molar-refractivity contribution is 5.35. The van der Waals surface area contributed by atoms with E-state index in [4.69, 9.17) is 9.47 Å². The van der Waals surface area contributed by atoms with E-state index in [1.165, 1.54) is 0 Å². The fourth-order valence-corrected chi connectivity index (χ4v) is 1.69. The summed E-state index contributed by atoms with van der Waals surface area (Å²) < 4.78 is 10.4. The van der Waals surface area contributed by atoms with Gasteiger partial charge in [0.15, 0.2) is 0 Å². The fraction of sp³-hybridized carbons (Fsp3) is 0.786. The van der Waals surface area contributed by atoms with Crippen molar-refractivity contribution >= 4 is 11.9 Å². The van der Waals surface area contributed by atoms with Crippen LogP contribution in [-0.2, 0) is 4.74 Å². The number of unbranched alkanes of at least 4 members (excludes halogenated alkanes) is 2. The Morgan fingerprint density at radius 2 is 1.62 bits per heavy atom. The molecule has 0 saturated heterocycles. The summed E-state index contributed by atoms with van der Waals surface area (Å²) in [6.45, 7) is 7.00. The van der Waals surface area contributed by atoms with Crippen molar-refractivity contribution in [2.24, 2.45) is 0 Å². The van der Waals surface area contributed by atoms with Crippen LogP contribution in [0.4, 0.5) is 11.9 Å². The van der Waals surface area contributed by atoms with Crippen LogP contribution in [0.3, 0.4) is 0 Å². The molecule has 7 nitrogen and oxygen atoms in total. The molecule has 0 saturated carbocycles. The maximum atomic E-state index is 5.37. The van der Waals surface area contributed by atoms with Gasteiger partial charge in [0, 0.05) is 26.8 Å². The van der Waals surface area contributed by atoms with Gasteiger partial charge in [0.25, 0.3) is 0 Å². The van der Waals surface area contributed by atoms with Gasteiger partial charge in [-0.25, -0.2) is 0 Å². The van der Waals surface area contributed by atoms with E-state index in [1.807, 2.05) is 6.92 Å². The van der Waals surface area contributed by atoms with Crippen LogP contribution in [0.25, 0.3) is 0 Å². The van der Waals surface area contributed by atoms with Crippen LogP contribution >= 0.6 is 0 Å². The summed E-state index contributed by atoms with van der Waals surface area (Å²) in [5.74, 6) is 1.11. The van der Waals surface area contributed by atoms with E-state index in [0.717, 1.165) is 45.4 Å². The second-order valence-electron chi connectivity index (χ2n) is 4.61. The zero-order chi connectivity index (χ0) is 15.3. The molecule has 0 unspecified atom stereocenters. The highest BCUT2D eigenvalue weighted by Crippen LogP contribution is 2.11. The van der Waals surface area contributed by atoms with E-state index in [1.54, 1.807) is 7.11 Å². The van der Waals surface area contributed by atoms with Crippen LogP contribution in [0.1, 0.15) is 39.5 Å². The molecule has 120 valence electrons. The molecule has 0 amide bonds. The largest absolute Gasteiger partial charge is 0.464 e. The van der Waals surface area contributed by atoms with E-state index >= 15 is 0 Å². The summed E-state index contributed by atoms with van der Waals surface area (Å²) in [4.78, 5) is 12.8. The highest BCUT2D eigenvalue weighted by atomic mass is 16.5. The number of methoxy groups -OCH3 is 1. The van der Waals surface area contributed by atoms with Gasteiger partial charge in [0.1, 0.15) is 0 Å². The van der Waals surface area contributed by atoms with Crippen LogP contribution in [0, 0.1) is 0 Å². The van der Waals surface area contributed by atoms with Crippen molar-refractivity contribution in [2.75, 3.05) is 44.0 Å². The molecule has 1 rings (SSSR count). The Balaban J connectivity index is 2.48. The van der Waals surface area contributed by atoms with Crippen molar-refractivity contribution in [1.82, 2.24) is 15.0 Å². The van der Waals surface area contributed by atoms with Gasteiger partial charge in [0.2, 0.25) is 11.9 Å². The Bertz CT molecular complexity index is 390. The molecular formula is C14H27N5O2. The lowest BCUT2D eigenvalue weighted by molar-refractivity contribution is 0.192. The lowest BCUT2D eigenvalue weighted by Gasteiger charge is -2.09. The molecule has 0 bridgehead atoms. The predicted octanol–water partition coefficient (Wildman–Crippen LogP) is 2.32. The Labute approximate surface area is 126 Å². The zero-order valence-corrected chi connectivity index (χ0v) is 13.3. The third kappa shape index (κ3) is 7.65. The maximum Gasteiger partial charge on any atom is 0.323 e. The predicted molar refractivity (Wildman–Crippen MR) is 84.0 cm³/mol. The van der Waals surface area contributed by atoms with Crippen molar-refractivity contribution in [2.45, 2.75) is 39.5 Å². The Morgan fingerprint density at radius 3 is 2.24 bits per heavy atom. The van der Waals surface area contributed by atoms with Crippen LogP contribution in [0.5, 0.6) is 6.01 Å². The number of aromatic nitrogens is 3. The first-order valence-electron chi connectivity index (χ1n) is 7.65.